The van der Waals surface area contributed by atoms with E-state index in [1.54, 1.807) is 0 Å². The van der Waals surface area contributed by atoms with E-state index in [9.17, 15) is 0 Å². The van der Waals surface area contributed by atoms with Gasteiger partial charge in [0.2, 0.25) is 0 Å². The quantitative estimate of drug-likeness (QED) is 0.797. The van der Waals surface area contributed by atoms with Crippen molar-refractivity contribution < 1.29 is 0 Å². The zero-order chi connectivity index (χ0) is 9.97. The molecule has 2 heteroatoms. The Morgan fingerprint density at radius 2 is 2.21 bits per heavy atom. The van der Waals surface area contributed by atoms with Gasteiger partial charge in [-0.05, 0) is 43.4 Å². The Hall–Kier alpha value is -0.690. The van der Waals surface area contributed by atoms with Crippen LogP contribution in [0.15, 0.2) is 18.2 Å². The molecule has 0 atom stereocenters. The maximum atomic E-state index is 6.04. The molecule has 0 spiro atoms. The Balaban J connectivity index is 1.91. The summed E-state index contributed by atoms with van der Waals surface area (Å²) in [6, 6.07) is 6.17. The highest BCUT2D eigenvalue weighted by Gasteiger charge is 2.16. The molecular weight excluding hydrogens is 194 g/mol. The fourth-order valence-corrected chi connectivity index (χ4v) is 1.84. The van der Waals surface area contributed by atoms with E-state index in [4.69, 9.17) is 11.6 Å². The summed E-state index contributed by atoms with van der Waals surface area (Å²) in [7, 11) is 0. The van der Waals surface area contributed by atoms with Crippen LogP contribution in [0.2, 0.25) is 5.02 Å². The van der Waals surface area contributed by atoms with Gasteiger partial charge in [-0.1, -0.05) is 24.1 Å². The molecule has 0 heterocycles. The molecule has 0 amide bonds. The molecule has 0 aromatic heterocycles. The summed E-state index contributed by atoms with van der Waals surface area (Å²) < 4.78 is 0. The van der Waals surface area contributed by atoms with Gasteiger partial charge < -0.3 is 5.32 Å². The Morgan fingerprint density at radius 1 is 1.43 bits per heavy atom. The first kappa shape index (κ1) is 9.85. The third kappa shape index (κ3) is 2.21. The van der Waals surface area contributed by atoms with Crippen molar-refractivity contribution in [2.45, 2.75) is 26.2 Å². The first-order valence-corrected chi connectivity index (χ1v) is 5.63. The maximum Gasteiger partial charge on any atom is 0.0455 e. The highest BCUT2D eigenvalue weighted by atomic mass is 35.5. The van der Waals surface area contributed by atoms with Crippen molar-refractivity contribution in [1.29, 1.82) is 0 Å². The summed E-state index contributed by atoms with van der Waals surface area (Å²) in [5.41, 5.74) is 2.29. The summed E-state index contributed by atoms with van der Waals surface area (Å²) in [5, 5.41) is 4.28. The molecule has 0 bridgehead atoms. The first-order valence-electron chi connectivity index (χ1n) is 5.26. The summed E-state index contributed by atoms with van der Waals surface area (Å²) in [4.78, 5) is 0. The summed E-state index contributed by atoms with van der Waals surface area (Å²) in [6.45, 7) is 3.12. The van der Waals surface area contributed by atoms with Crippen LogP contribution in [0.1, 0.15) is 24.8 Å². The monoisotopic (exact) mass is 209 g/mol. The van der Waals surface area contributed by atoms with E-state index in [1.807, 2.05) is 13.0 Å². The second kappa shape index (κ2) is 4.22. The molecule has 1 aromatic carbocycles. The molecule has 2 rings (SSSR count). The van der Waals surface area contributed by atoms with Crippen molar-refractivity contribution in [3.8, 4) is 0 Å². The third-order valence-corrected chi connectivity index (χ3v) is 3.40. The molecule has 1 aliphatic carbocycles. The normalized spacial score (nSPS) is 16.4. The number of anilines is 1. The average Bonchev–Trinajstić information content (AvgIpc) is 2.08. The molecule has 0 unspecified atom stereocenters. The molecule has 1 nitrogen and oxygen atoms in total. The third-order valence-electron chi connectivity index (χ3n) is 2.99. The van der Waals surface area contributed by atoms with Gasteiger partial charge in [0.1, 0.15) is 0 Å². The van der Waals surface area contributed by atoms with Gasteiger partial charge in [0.15, 0.2) is 0 Å². The van der Waals surface area contributed by atoms with Gasteiger partial charge in [-0.15, -0.1) is 0 Å². The molecule has 76 valence electrons. The van der Waals surface area contributed by atoms with Gasteiger partial charge in [0, 0.05) is 17.3 Å². The number of benzene rings is 1. The number of hydrogen-bond donors (Lipinski definition) is 1. The van der Waals surface area contributed by atoms with Gasteiger partial charge in [0.25, 0.3) is 0 Å². The summed E-state index contributed by atoms with van der Waals surface area (Å²) in [6.07, 6.45) is 4.17. The summed E-state index contributed by atoms with van der Waals surface area (Å²) >= 11 is 6.04. The fraction of sp³-hybridized carbons (Fsp3) is 0.500. The lowest BCUT2D eigenvalue weighted by molar-refractivity contribution is 0.333. The van der Waals surface area contributed by atoms with Crippen molar-refractivity contribution in [2.75, 3.05) is 11.9 Å². The number of hydrogen-bond acceptors (Lipinski definition) is 1. The summed E-state index contributed by atoms with van der Waals surface area (Å²) in [5.74, 6) is 0.884. The molecule has 0 saturated heterocycles. The highest BCUT2D eigenvalue weighted by molar-refractivity contribution is 6.31. The van der Waals surface area contributed by atoms with E-state index < -0.39 is 0 Å². The van der Waals surface area contributed by atoms with E-state index in [1.165, 1.54) is 19.3 Å². The maximum absolute atomic E-state index is 6.04. The minimum absolute atomic E-state index is 0.851. The van der Waals surface area contributed by atoms with Gasteiger partial charge in [-0.2, -0.15) is 0 Å². The second-order valence-corrected chi connectivity index (χ2v) is 4.55. The Morgan fingerprint density at radius 3 is 2.79 bits per heavy atom. The number of rotatable bonds is 3. The Labute approximate surface area is 90.5 Å². The van der Waals surface area contributed by atoms with Gasteiger partial charge in [0.05, 0.1) is 0 Å². The van der Waals surface area contributed by atoms with Gasteiger partial charge in [-0.3, -0.25) is 0 Å². The number of nitrogens with one attached hydrogen (secondary N) is 1. The molecule has 1 aromatic rings. The first-order chi connectivity index (χ1) is 6.75. The molecule has 14 heavy (non-hydrogen) atoms. The SMILES string of the molecule is Cc1ccc(NCC2CCC2)cc1Cl. The molecule has 1 saturated carbocycles. The van der Waals surface area contributed by atoms with Crippen molar-refractivity contribution >= 4 is 17.3 Å². The lowest BCUT2D eigenvalue weighted by Crippen LogP contribution is -2.20. The minimum atomic E-state index is 0.851. The van der Waals surface area contributed by atoms with Crippen LogP contribution in [0.3, 0.4) is 0 Å². The van der Waals surface area contributed by atoms with Crippen LogP contribution in [0.4, 0.5) is 5.69 Å². The largest absolute Gasteiger partial charge is 0.385 e. The molecule has 1 aliphatic rings. The van der Waals surface area contributed by atoms with Crippen LogP contribution in [-0.2, 0) is 0 Å². The number of halogens is 1. The zero-order valence-corrected chi connectivity index (χ0v) is 9.27. The molecule has 0 radical (unpaired) electrons. The van der Waals surface area contributed by atoms with Crippen molar-refractivity contribution in [1.82, 2.24) is 0 Å². The predicted octanol–water partition coefficient (Wildman–Crippen LogP) is 3.86. The van der Waals surface area contributed by atoms with Crippen molar-refractivity contribution in [3.05, 3.63) is 28.8 Å². The topological polar surface area (TPSA) is 12.0 Å². The lowest BCUT2D eigenvalue weighted by Gasteiger charge is -2.25. The highest BCUT2D eigenvalue weighted by Crippen LogP contribution is 2.27. The fourth-order valence-electron chi connectivity index (χ4n) is 1.66. The standard InChI is InChI=1S/C12H16ClN/c1-9-5-6-11(7-12(9)13)14-8-10-3-2-4-10/h5-7,10,14H,2-4,8H2,1H3. The number of aryl methyl sites for hydroxylation is 1. The van der Waals surface area contributed by atoms with Crippen LogP contribution < -0.4 is 5.32 Å². The van der Waals surface area contributed by atoms with Crippen LogP contribution in [-0.4, -0.2) is 6.54 Å². The van der Waals surface area contributed by atoms with Crippen LogP contribution in [0.25, 0.3) is 0 Å². The minimum Gasteiger partial charge on any atom is -0.385 e. The van der Waals surface area contributed by atoms with Gasteiger partial charge in [-0.25, -0.2) is 0 Å². The van der Waals surface area contributed by atoms with Crippen LogP contribution in [0, 0.1) is 12.8 Å². The van der Waals surface area contributed by atoms with E-state index >= 15 is 0 Å². The van der Waals surface area contributed by atoms with E-state index in [0.717, 1.165) is 28.7 Å². The molecular formula is C12H16ClN. The Bertz CT molecular complexity index is 318. The molecule has 1 fully saturated rings. The Kier molecular flexibility index (Phi) is 2.97. The van der Waals surface area contributed by atoms with Crippen LogP contribution >= 0.6 is 11.6 Å². The van der Waals surface area contributed by atoms with E-state index in [-0.39, 0.29) is 0 Å². The lowest BCUT2D eigenvalue weighted by atomic mass is 9.85. The molecule has 0 aliphatic heterocycles. The van der Waals surface area contributed by atoms with E-state index in [2.05, 4.69) is 17.4 Å². The zero-order valence-electron chi connectivity index (χ0n) is 8.52. The smallest absolute Gasteiger partial charge is 0.0455 e. The average molecular weight is 210 g/mol. The molecule has 1 N–H and O–H groups in total. The van der Waals surface area contributed by atoms with E-state index in [0.29, 0.717) is 0 Å². The van der Waals surface area contributed by atoms with Crippen molar-refractivity contribution in [2.24, 2.45) is 5.92 Å². The van der Waals surface area contributed by atoms with Crippen molar-refractivity contribution in [3.63, 3.8) is 0 Å². The second-order valence-electron chi connectivity index (χ2n) is 4.14. The van der Waals surface area contributed by atoms with Gasteiger partial charge >= 0.3 is 0 Å². The van der Waals surface area contributed by atoms with Crippen LogP contribution in [0.5, 0.6) is 0 Å². The predicted molar refractivity (Wildman–Crippen MR) is 62.0 cm³/mol.